The molecular weight excluding hydrogens is 252 g/mol. The second-order valence-corrected chi connectivity index (χ2v) is 5.82. The number of hydrogen-bond donors (Lipinski definition) is 2. The van der Waals surface area contributed by atoms with Crippen molar-refractivity contribution in [1.29, 1.82) is 0 Å². The number of carbonyl (C=O) groups excluding carboxylic acids is 1. The fourth-order valence-corrected chi connectivity index (χ4v) is 3.18. The van der Waals surface area contributed by atoms with Gasteiger partial charge in [-0.2, -0.15) is 0 Å². The Kier molecular flexibility index (Phi) is 3.92. The number of rotatable bonds is 5. The van der Waals surface area contributed by atoms with Crippen LogP contribution in [0.3, 0.4) is 0 Å². The number of amides is 1. The predicted octanol–water partition coefficient (Wildman–Crippen LogP) is 1.81. The van der Waals surface area contributed by atoms with Gasteiger partial charge < -0.3 is 15.4 Å². The molecule has 1 unspecified atom stereocenters. The van der Waals surface area contributed by atoms with Crippen LogP contribution in [0, 0.1) is 0 Å². The van der Waals surface area contributed by atoms with Gasteiger partial charge in [-0.3, -0.25) is 4.79 Å². The smallest absolute Gasteiger partial charge is 0.220 e. The zero-order chi connectivity index (χ0) is 13.9. The largest absolute Gasteiger partial charge is 0.496 e. The Morgan fingerprint density at radius 3 is 2.85 bits per heavy atom. The van der Waals surface area contributed by atoms with Crippen molar-refractivity contribution in [3.63, 3.8) is 0 Å². The minimum Gasteiger partial charge on any atom is -0.496 e. The summed E-state index contributed by atoms with van der Waals surface area (Å²) >= 11 is 0. The minimum atomic E-state index is 0.192. The Bertz CT molecular complexity index is 483. The van der Waals surface area contributed by atoms with Crippen molar-refractivity contribution in [3.05, 3.63) is 29.8 Å². The Labute approximate surface area is 119 Å². The van der Waals surface area contributed by atoms with E-state index in [1.54, 1.807) is 7.11 Å². The molecule has 0 aromatic heterocycles. The molecule has 1 aliphatic carbocycles. The molecule has 1 aromatic carbocycles. The molecule has 4 heteroatoms. The number of para-hydroxylation sites is 1. The number of hydrogen-bond acceptors (Lipinski definition) is 3. The molecular formula is C16H22N2O2. The van der Waals surface area contributed by atoms with E-state index < -0.39 is 0 Å². The van der Waals surface area contributed by atoms with Crippen molar-refractivity contribution in [2.45, 2.75) is 43.7 Å². The van der Waals surface area contributed by atoms with Crippen LogP contribution in [0.25, 0.3) is 0 Å². The van der Waals surface area contributed by atoms with E-state index in [1.165, 1.54) is 5.56 Å². The highest BCUT2D eigenvalue weighted by Crippen LogP contribution is 2.40. The summed E-state index contributed by atoms with van der Waals surface area (Å²) in [4.78, 5) is 11.1. The summed E-state index contributed by atoms with van der Waals surface area (Å²) in [6, 6.07) is 9.18. The normalized spacial score (nSPS) is 28.9. The molecule has 2 N–H and O–H groups in total. The minimum absolute atomic E-state index is 0.192. The molecule has 3 rings (SSSR count). The van der Waals surface area contributed by atoms with E-state index in [9.17, 15) is 4.79 Å². The van der Waals surface area contributed by atoms with Crippen LogP contribution in [0.5, 0.6) is 5.75 Å². The lowest BCUT2D eigenvalue weighted by atomic mass is 9.75. The molecule has 1 atom stereocenters. The van der Waals surface area contributed by atoms with E-state index in [1.807, 2.05) is 12.1 Å². The summed E-state index contributed by atoms with van der Waals surface area (Å²) < 4.78 is 5.42. The molecule has 20 heavy (non-hydrogen) atoms. The fraction of sp³-hybridized carbons (Fsp3) is 0.562. The Hall–Kier alpha value is -1.55. The molecule has 1 aromatic rings. The van der Waals surface area contributed by atoms with Gasteiger partial charge in [0.2, 0.25) is 5.91 Å². The standard InChI is InChI=1S/C16H22N2O2/c1-20-15-5-3-2-4-14(15)11-8-13(9-11)17-10-12-6-7-16(19)18-12/h2-5,11-13,17H,6-10H2,1H3,(H,18,19). The van der Waals surface area contributed by atoms with Crippen LogP contribution in [0.2, 0.25) is 0 Å². The highest BCUT2D eigenvalue weighted by Gasteiger charge is 2.32. The first-order chi connectivity index (χ1) is 9.76. The van der Waals surface area contributed by atoms with Crippen LogP contribution in [0.15, 0.2) is 24.3 Å². The molecule has 1 heterocycles. The third kappa shape index (κ3) is 2.80. The summed E-state index contributed by atoms with van der Waals surface area (Å²) in [5.74, 6) is 1.79. The molecule has 1 aliphatic heterocycles. The van der Waals surface area contributed by atoms with Gasteiger partial charge in [-0.15, -0.1) is 0 Å². The Balaban J connectivity index is 1.45. The SMILES string of the molecule is COc1ccccc1C1CC(NCC2CCC(=O)N2)C1. The molecule has 0 radical (unpaired) electrons. The van der Waals surface area contributed by atoms with Gasteiger partial charge in [-0.25, -0.2) is 0 Å². The molecule has 1 saturated heterocycles. The van der Waals surface area contributed by atoms with Gasteiger partial charge in [0.25, 0.3) is 0 Å². The first kappa shape index (κ1) is 13.4. The lowest BCUT2D eigenvalue weighted by Crippen LogP contribution is -2.45. The predicted molar refractivity (Wildman–Crippen MR) is 77.9 cm³/mol. The maximum absolute atomic E-state index is 11.1. The second kappa shape index (κ2) is 5.83. The molecule has 108 valence electrons. The summed E-state index contributed by atoms with van der Waals surface area (Å²) in [5.41, 5.74) is 1.32. The zero-order valence-corrected chi connectivity index (χ0v) is 11.9. The van der Waals surface area contributed by atoms with Crippen LogP contribution >= 0.6 is 0 Å². The third-order valence-electron chi connectivity index (χ3n) is 4.45. The van der Waals surface area contributed by atoms with Crippen LogP contribution in [0.4, 0.5) is 0 Å². The Morgan fingerprint density at radius 1 is 1.35 bits per heavy atom. The van der Waals surface area contributed by atoms with Crippen molar-refractivity contribution in [2.75, 3.05) is 13.7 Å². The third-order valence-corrected chi connectivity index (χ3v) is 4.45. The second-order valence-electron chi connectivity index (χ2n) is 5.82. The zero-order valence-electron chi connectivity index (χ0n) is 11.9. The van der Waals surface area contributed by atoms with Gasteiger partial charge >= 0.3 is 0 Å². The molecule has 0 spiro atoms. The molecule has 4 nitrogen and oxygen atoms in total. The lowest BCUT2D eigenvalue weighted by molar-refractivity contribution is -0.119. The van der Waals surface area contributed by atoms with E-state index in [-0.39, 0.29) is 5.91 Å². The average Bonchev–Trinajstić information content (AvgIpc) is 2.83. The lowest BCUT2D eigenvalue weighted by Gasteiger charge is -2.37. The summed E-state index contributed by atoms with van der Waals surface area (Å²) in [7, 11) is 1.73. The summed E-state index contributed by atoms with van der Waals surface area (Å²) in [6.07, 6.45) is 3.96. The average molecular weight is 274 g/mol. The van der Waals surface area contributed by atoms with Crippen molar-refractivity contribution >= 4 is 5.91 Å². The Morgan fingerprint density at radius 2 is 2.15 bits per heavy atom. The maximum Gasteiger partial charge on any atom is 0.220 e. The van der Waals surface area contributed by atoms with Crippen molar-refractivity contribution in [1.82, 2.24) is 10.6 Å². The number of benzene rings is 1. The molecule has 1 amide bonds. The number of nitrogens with one attached hydrogen (secondary N) is 2. The van der Waals surface area contributed by atoms with E-state index in [0.717, 1.165) is 31.6 Å². The summed E-state index contributed by atoms with van der Waals surface area (Å²) in [5, 5.41) is 6.56. The molecule has 0 bridgehead atoms. The van der Waals surface area contributed by atoms with Crippen LogP contribution in [0.1, 0.15) is 37.2 Å². The van der Waals surface area contributed by atoms with Crippen LogP contribution < -0.4 is 15.4 Å². The summed E-state index contributed by atoms with van der Waals surface area (Å²) in [6.45, 7) is 0.898. The number of ether oxygens (including phenoxy) is 1. The first-order valence-corrected chi connectivity index (χ1v) is 7.42. The van der Waals surface area contributed by atoms with Gasteiger partial charge in [0, 0.05) is 25.0 Å². The van der Waals surface area contributed by atoms with Crippen LogP contribution in [-0.2, 0) is 4.79 Å². The van der Waals surface area contributed by atoms with Crippen molar-refractivity contribution < 1.29 is 9.53 Å². The van der Waals surface area contributed by atoms with Gasteiger partial charge in [0.15, 0.2) is 0 Å². The molecule has 1 saturated carbocycles. The number of methoxy groups -OCH3 is 1. The van der Waals surface area contributed by atoms with Gasteiger partial charge in [0.05, 0.1) is 7.11 Å². The number of carbonyl (C=O) groups is 1. The van der Waals surface area contributed by atoms with E-state index >= 15 is 0 Å². The quantitative estimate of drug-likeness (QED) is 0.861. The van der Waals surface area contributed by atoms with Gasteiger partial charge in [-0.1, -0.05) is 18.2 Å². The van der Waals surface area contributed by atoms with E-state index in [0.29, 0.717) is 24.4 Å². The molecule has 2 fully saturated rings. The molecule has 2 aliphatic rings. The first-order valence-electron chi connectivity index (χ1n) is 7.42. The maximum atomic E-state index is 11.1. The van der Waals surface area contributed by atoms with E-state index in [2.05, 4.69) is 22.8 Å². The van der Waals surface area contributed by atoms with Gasteiger partial charge in [-0.05, 0) is 36.8 Å². The van der Waals surface area contributed by atoms with Crippen LogP contribution in [-0.4, -0.2) is 31.6 Å². The highest BCUT2D eigenvalue weighted by molar-refractivity contribution is 5.78. The highest BCUT2D eigenvalue weighted by atomic mass is 16.5. The topological polar surface area (TPSA) is 50.4 Å². The fourth-order valence-electron chi connectivity index (χ4n) is 3.18. The van der Waals surface area contributed by atoms with Gasteiger partial charge in [0.1, 0.15) is 5.75 Å². The van der Waals surface area contributed by atoms with Crippen molar-refractivity contribution in [2.24, 2.45) is 0 Å². The van der Waals surface area contributed by atoms with Crippen molar-refractivity contribution in [3.8, 4) is 5.75 Å². The van der Waals surface area contributed by atoms with E-state index in [4.69, 9.17) is 4.74 Å². The monoisotopic (exact) mass is 274 g/mol.